The van der Waals surface area contributed by atoms with Gasteiger partial charge in [0.2, 0.25) is 0 Å². The van der Waals surface area contributed by atoms with Gasteiger partial charge in [0.1, 0.15) is 6.54 Å². The molecule has 0 fully saturated rings. The van der Waals surface area contributed by atoms with Crippen LogP contribution in [-0.2, 0) is 30.7 Å². The number of amides is 1. The topological polar surface area (TPSA) is 113 Å². The fourth-order valence-corrected chi connectivity index (χ4v) is 4.54. The van der Waals surface area contributed by atoms with Gasteiger partial charge in [0.05, 0.1) is 29.3 Å². The zero-order chi connectivity index (χ0) is 22.6. The number of ether oxygens (including phenoxy) is 3. The average molecular weight is 465 g/mol. The summed E-state index contributed by atoms with van der Waals surface area (Å²) >= 11 is 1.09. The van der Waals surface area contributed by atoms with E-state index in [1.807, 2.05) is 0 Å². The van der Waals surface area contributed by atoms with Gasteiger partial charge < -0.3 is 18.8 Å². The Kier molecular flexibility index (Phi) is 6.76. The van der Waals surface area contributed by atoms with Gasteiger partial charge in [-0.1, -0.05) is 23.5 Å². The highest BCUT2D eigenvalue weighted by atomic mass is 32.2. The minimum Gasteiger partial charge on any atom is -0.493 e. The summed E-state index contributed by atoms with van der Waals surface area (Å²) in [5.41, 5.74) is 0.556. The second kappa shape index (κ2) is 9.31. The van der Waals surface area contributed by atoms with E-state index in [0.29, 0.717) is 21.7 Å². The van der Waals surface area contributed by atoms with Crippen LogP contribution in [0.3, 0.4) is 0 Å². The lowest BCUT2D eigenvalue weighted by molar-refractivity contribution is -0.141. The number of rotatable bonds is 7. The van der Waals surface area contributed by atoms with Gasteiger partial charge in [0.15, 0.2) is 32.7 Å². The molecule has 1 amide bonds. The normalized spacial score (nSPS) is 12.0. The van der Waals surface area contributed by atoms with E-state index in [2.05, 4.69) is 4.99 Å². The lowest BCUT2D eigenvalue weighted by Crippen LogP contribution is -2.23. The first kappa shape index (κ1) is 22.5. The Morgan fingerprint density at radius 3 is 2.45 bits per heavy atom. The molecule has 0 unspecified atom stereocenters. The summed E-state index contributed by atoms with van der Waals surface area (Å²) in [6, 6.07) is 11.4. The van der Waals surface area contributed by atoms with E-state index in [1.165, 1.54) is 30.9 Å². The molecule has 3 rings (SSSR count). The highest BCUT2D eigenvalue weighted by Crippen LogP contribution is 2.25. The first-order chi connectivity index (χ1) is 14.7. The summed E-state index contributed by atoms with van der Waals surface area (Å²) in [4.78, 5) is 28.7. The van der Waals surface area contributed by atoms with Gasteiger partial charge in [-0.05, 0) is 30.3 Å². The minimum atomic E-state index is -3.42. The first-order valence-electron chi connectivity index (χ1n) is 8.96. The molecule has 0 radical (unpaired) electrons. The fourth-order valence-electron chi connectivity index (χ4n) is 2.73. The van der Waals surface area contributed by atoms with Crippen LogP contribution in [0.1, 0.15) is 0 Å². The summed E-state index contributed by atoms with van der Waals surface area (Å²) in [6.07, 6.45) is 1.11. The van der Waals surface area contributed by atoms with Crippen molar-refractivity contribution in [3.8, 4) is 11.5 Å². The average Bonchev–Trinajstić information content (AvgIpc) is 3.07. The van der Waals surface area contributed by atoms with Crippen molar-refractivity contribution in [1.29, 1.82) is 0 Å². The van der Waals surface area contributed by atoms with E-state index in [0.717, 1.165) is 17.6 Å². The molecule has 0 aliphatic carbocycles. The summed E-state index contributed by atoms with van der Waals surface area (Å²) in [5.74, 6) is -0.248. The molecule has 0 aliphatic heterocycles. The van der Waals surface area contributed by atoms with Crippen molar-refractivity contribution in [2.24, 2.45) is 4.99 Å². The molecule has 0 saturated carbocycles. The standard InChI is InChI=1S/C20H20N2O7S2/c1-27-15-6-4-5-7-16(15)29-12-18(23)21-20-22(11-19(24)28-2)14-9-8-13(31(3,25)26)10-17(14)30-20/h4-10H,11-12H2,1-3H3. The Bertz CT molecular complexity index is 1310. The van der Waals surface area contributed by atoms with Crippen molar-refractivity contribution in [1.82, 2.24) is 4.57 Å². The number of benzene rings is 2. The Morgan fingerprint density at radius 2 is 1.81 bits per heavy atom. The predicted molar refractivity (Wildman–Crippen MR) is 114 cm³/mol. The molecular weight excluding hydrogens is 444 g/mol. The number of carbonyl (C=O) groups excluding carboxylic acids is 2. The number of hydrogen-bond donors (Lipinski definition) is 0. The summed E-state index contributed by atoms with van der Waals surface area (Å²) < 4.78 is 41.2. The second-order valence-electron chi connectivity index (χ2n) is 6.39. The quantitative estimate of drug-likeness (QED) is 0.490. The van der Waals surface area contributed by atoms with Crippen molar-refractivity contribution >= 4 is 43.3 Å². The van der Waals surface area contributed by atoms with Gasteiger partial charge in [-0.2, -0.15) is 4.99 Å². The van der Waals surface area contributed by atoms with Crippen LogP contribution in [0.15, 0.2) is 52.4 Å². The Morgan fingerprint density at radius 1 is 1.10 bits per heavy atom. The number of nitrogens with zero attached hydrogens (tertiary/aromatic N) is 2. The van der Waals surface area contributed by atoms with Crippen LogP contribution in [0.4, 0.5) is 0 Å². The third-order valence-electron chi connectivity index (χ3n) is 4.24. The highest BCUT2D eigenvalue weighted by molar-refractivity contribution is 7.90. The maximum atomic E-state index is 12.4. The third-order valence-corrected chi connectivity index (χ3v) is 6.39. The van der Waals surface area contributed by atoms with Crippen LogP contribution in [0.25, 0.3) is 10.2 Å². The minimum absolute atomic E-state index is 0.129. The smallest absolute Gasteiger partial charge is 0.325 e. The lowest BCUT2D eigenvalue weighted by Gasteiger charge is -2.08. The Hall–Kier alpha value is -3.18. The van der Waals surface area contributed by atoms with Crippen molar-refractivity contribution < 1.29 is 32.2 Å². The second-order valence-corrected chi connectivity index (χ2v) is 9.42. The van der Waals surface area contributed by atoms with E-state index in [9.17, 15) is 18.0 Å². The zero-order valence-corrected chi connectivity index (χ0v) is 18.7. The first-order valence-corrected chi connectivity index (χ1v) is 11.7. The van der Waals surface area contributed by atoms with Crippen LogP contribution in [0.5, 0.6) is 11.5 Å². The molecule has 31 heavy (non-hydrogen) atoms. The molecule has 0 bridgehead atoms. The summed E-state index contributed by atoms with van der Waals surface area (Å²) in [7, 11) is -0.674. The molecule has 9 nitrogen and oxygen atoms in total. The van der Waals surface area contributed by atoms with Gasteiger partial charge >= 0.3 is 5.97 Å². The predicted octanol–water partition coefficient (Wildman–Crippen LogP) is 1.79. The van der Waals surface area contributed by atoms with Gasteiger partial charge in [-0.15, -0.1) is 0 Å². The van der Waals surface area contributed by atoms with Crippen molar-refractivity contribution in [2.45, 2.75) is 11.4 Å². The monoisotopic (exact) mass is 464 g/mol. The Balaban J connectivity index is 1.98. The van der Waals surface area contributed by atoms with Crippen LogP contribution in [0, 0.1) is 0 Å². The molecule has 0 atom stereocenters. The molecular formula is C20H20N2O7S2. The van der Waals surface area contributed by atoms with E-state index < -0.39 is 21.7 Å². The zero-order valence-electron chi connectivity index (χ0n) is 17.0. The van der Waals surface area contributed by atoms with E-state index in [-0.39, 0.29) is 22.8 Å². The van der Waals surface area contributed by atoms with Gasteiger partial charge in [0.25, 0.3) is 5.91 Å². The number of esters is 1. The van der Waals surface area contributed by atoms with Crippen LogP contribution in [0.2, 0.25) is 0 Å². The molecule has 164 valence electrons. The molecule has 2 aromatic carbocycles. The number of methoxy groups -OCH3 is 2. The molecule has 1 heterocycles. The van der Waals surface area contributed by atoms with Crippen LogP contribution < -0.4 is 14.3 Å². The van der Waals surface area contributed by atoms with Gasteiger partial charge in [0, 0.05) is 6.26 Å². The number of thiazole rings is 1. The number of hydrogen-bond acceptors (Lipinski definition) is 8. The number of aromatic nitrogens is 1. The van der Waals surface area contributed by atoms with E-state index >= 15 is 0 Å². The molecule has 11 heteroatoms. The third kappa shape index (κ3) is 5.30. The van der Waals surface area contributed by atoms with E-state index in [4.69, 9.17) is 14.2 Å². The van der Waals surface area contributed by atoms with Crippen molar-refractivity contribution in [3.63, 3.8) is 0 Å². The number of para-hydroxylation sites is 2. The molecule has 0 N–H and O–H groups in total. The molecule has 0 saturated heterocycles. The maximum Gasteiger partial charge on any atom is 0.325 e. The molecule has 3 aromatic rings. The van der Waals surface area contributed by atoms with Crippen molar-refractivity contribution in [2.75, 3.05) is 27.1 Å². The summed E-state index contributed by atoms with van der Waals surface area (Å²) in [6.45, 7) is -0.532. The SMILES string of the molecule is COC(=O)Cn1c(=NC(=O)COc2ccccc2OC)sc2cc(S(C)(=O)=O)ccc21. The molecule has 1 aromatic heterocycles. The number of carbonyl (C=O) groups is 2. The van der Waals surface area contributed by atoms with Crippen molar-refractivity contribution in [3.05, 3.63) is 47.3 Å². The molecule has 0 aliphatic rings. The largest absolute Gasteiger partial charge is 0.493 e. The summed E-state index contributed by atoms with van der Waals surface area (Å²) in [5, 5.41) is 0. The molecule has 0 spiro atoms. The number of sulfone groups is 1. The lowest BCUT2D eigenvalue weighted by atomic mass is 10.3. The van der Waals surface area contributed by atoms with Gasteiger partial charge in [-0.25, -0.2) is 8.42 Å². The van der Waals surface area contributed by atoms with E-state index in [1.54, 1.807) is 30.3 Å². The van der Waals surface area contributed by atoms with Crippen LogP contribution >= 0.6 is 11.3 Å². The van der Waals surface area contributed by atoms with Crippen LogP contribution in [-0.4, -0.2) is 51.9 Å². The highest BCUT2D eigenvalue weighted by Gasteiger charge is 2.15. The number of fused-ring (bicyclic) bond motifs is 1. The van der Waals surface area contributed by atoms with Gasteiger partial charge in [-0.3, -0.25) is 9.59 Å². The fraction of sp³-hybridized carbons (Fsp3) is 0.250. The Labute approximate surface area is 182 Å². The maximum absolute atomic E-state index is 12.4.